The lowest BCUT2D eigenvalue weighted by Gasteiger charge is -2.26. The predicted molar refractivity (Wildman–Crippen MR) is 95.5 cm³/mol. The first-order valence-electron chi connectivity index (χ1n) is 8.23. The molecule has 2 heterocycles. The van der Waals surface area contributed by atoms with Gasteiger partial charge in [-0.15, -0.1) is 16.9 Å². The van der Waals surface area contributed by atoms with Gasteiger partial charge in [0.2, 0.25) is 5.91 Å². The van der Waals surface area contributed by atoms with E-state index in [4.69, 9.17) is 0 Å². The zero-order valence-electron chi connectivity index (χ0n) is 13.8. The maximum atomic E-state index is 13.9. The molecular formula is C18H16FN5OS. The Bertz CT molecular complexity index is 914. The van der Waals surface area contributed by atoms with Gasteiger partial charge in [-0.3, -0.25) is 4.79 Å². The number of carbonyl (C=O) groups is 1. The maximum Gasteiger partial charge on any atom is 0.224 e. The summed E-state index contributed by atoms with van der Waals surface area (Å²) in [5, 5.41) is 14.1. The number of aromatic nitrogens is 4. The van der Waals surface area contributed by atoms with Crippen LogP contribution in [-0.4, -0.2) is 31.9 Å². The normalized spacial score (nSPS) is 16.1. The van der Waals surface area contributed by atoms with Crippen molar-refractivity contribution in [3.05, 3.63) is 65.7 Å². The highest BCUT2D eigenvalue weighted by Gasteiger charge is 2.24. The molecule has 0 aliphatic carbocycles. The lowest BCUT2D eigenvalue weighted by molar-refractivity contribution is -0.121. The summed E-state index contributed by atoms with van der Waals surface area (Å²) >= 11 is 1.51. The third-order valence-corrected chi connectivity index (χ3v) is 5.43. The van der Waals surface area contributed by atoms with Gasteiger partial charge in [0, 0.05) is 10.6 Å². The molecule has 0 saturated heterocycles. The summed E-state index contributed by atoms with van der Waals surface area (Å²) < 4.78 is 15.5. The summed E-state index contributed by atoms with van der Waals surface area (Å²) in [6.07, 6.45) is 2.58. The Labute approximate surface area is 153 Å². The van der Waals surface area contributed by atoms with E-state index in [1.165, 1.54) is 24.2 Å². The molecule has 1 aromatic heterocycles. The van der Waals surface area contributed by atoms with E-state index in [-0.39, 0.29) is 24.2 Å². The Morgan fingerprint density at radius 1 is 1.27 bits per heavy atom. The van der Waals surface area contributed by atoms with Crippen molar-refractivity contribution in [3.8, 4) is 5.69 Å². The van der Waals surface area contributed by atoms with Crippen LogP contribution in [0.3, 0.4) is 0 Å². The van der Waals surface area contributed by atoms with Gasteiger partial charge in [0.1, 0.15) is 12.1 Å². The van der Waals surface area contributed by atoms with E-state index in [1.807, 2.05) is 30.3 Å². The van der Waals surface area contributed by atoms with Crippen molar-refractivity contribution in [2.75, 3.05) is 5.75 Å². The Kier molecular flexibility index (Phi) is 4.66. The van der Waals surface area contributed by atoms with Crippen molar-refractivity contribution in [2.24, 2.45) is 0 Å². The molecule has 1 amide bonds. The van der Waals surface area contributed by atoms with Crippen LogP contribution < -0.4 is 5.32 Å². The summed E-state index contributed by atoms with van der Waals surface area (Å²) in [5.41, 5.74) is 2.58. The van der Waals surface area contributed by atoms with Crippen LogP contribution in [0.5, 0.6) is 0 Å². The van der Waals surface area contributed by atoms with Crippen molar-refractivity contribution in [2.45, 2.75) is 23.8 Å². The van der Waals surface area contributed by atoms with Crippen molar-refractivity contribution in [1.29, 1.82) is 0 Å². The van der Waals surface area contributed by atoms with Crippen molar-refractivity contribution in [1.82, 2.24) is 25.5 Å². The summed E-state index contributed by atoms with van der Waals surface area (Å²) in [4.78, 5) is 13.1. The fourth-order valence-electron chi connectivity index (χ4n) is 3.01. The number of carbonyl (C=O) groups excluding carboxylic acids is 1. The van der Waals surface area contributed by atoms with Crippen LogP contribution in [0.15, 0.2) is 53.7 Å². The Balaban J connectivity index is 1.43. The zero-order chi connectivity index (χ0) is 17.9. The summed E-state index contributed by atoms with van der Waals surface area (Å²) in [5.74, 6) is 0.497. The quantitative estimate of drug-likeness (QED) is 0.766. The molecule has 4 rings (SSSR count). The van der Waals surface area contributed by atoms with E-state index in [1.54, 1.807) is 10.7 Å². The molecule has 26 heavy (non-hydrogen) atoms. The monoisotopic (exact) mass is 369 g/mol. The third kappa shape index (κ3) is 3.45. The number of hydrogen-bond acceptors (Lipinski definition) is 5. The first-order valence-corrected chi connectivity index (χ1v) is 9.22. The van der Waals surface area contributed by atoms with E-state index in [2.05, 4.69) is 20.8 Å². The summed E-state index contributed by atoms with van der Waals surface area (Å²) in [6.45, 7) is 0. The van der Waals surface area contributed by atoms with E-state index >= 15 is 0 Å². The van der Waals surface area contributed by atoms with Crippen LogP contribution in [0.4, 0.5) is 4.39 Å². The van der Waals surface area contributed by atoms with E-state index in [0.29, 0.717) is 4.90 Å². The molecule has 0 fully saturated rings. The van der Waals surface area contributed by atoms with E-state index in [9.17, 15) is 9.18 Å². The highest BCUT2D eigenvalue weighted by molar-refractivity contribution is 7.99. The van der Waals surface area contributed by atoms with Gasteiger partial charge < -0.3 is 5.32 Å². The molecular weight excluding hydrogens is 353 g/mol. The fourth-order valence-corrected chi connectivity index (χ4v) is 4.15. The molecule has 0 bridgehead atoms. The number of halogens is 1. The van der Waals surface area contributed by atoms with Gasteiger partial charge in [-0.25, -0.2) is 9.07 Å². The molecule has 1 aliphatic heterocycles. The van der Waals surface area contributed by atoms with Crippen LogP contribution >= 0.6 is 11.8 Å². The highest BCUT2D eigenvalue weighted by Crippen LogP contribution is 2.37. The predicted octanol–water partition coefficient (Wildman–Crippen LogP) is 2.70. The Hall–Kier alpha value is -2.74. The molecule has 0 radical (unpaired) electrons. The number of amides is 1. The van der Waals surface area contributed by atoms with Crippen LogP contribution in [-0.2, 0) is 11.2 Å². The second-order valence-corrected chi connectivity index (χ2v) is 7.12. The van der Waals surface area contributed by atoms with Crippen LogP contribution in [0.25, 0.3) is 5.69 Å². The van der Waals surface area contributed by atoms with Crippen LogP contribution in [0.2, 0.25) is 0 Å². The first-order chi connectivity index (χ1) is 12.7. The maximum absolute atomic E-state index is 13.9. The molecule has 1 atom stereocenters. The average molecular weight is 369 g/mol. The van der Waals surface area contributed by atoms with Crippen molar-refractivity contribution >= 4 is 17.7 Å². The minimum Gasteiger partial charge on any atom is -0.349 e. The van der Waals surface area contributed by atoms with Crippen molar-refractivity contribution in [3.63, 3.8) is 0 Å². The molecule has 0 saturated carbocycles. The van der Waals surface area contributed by atoms with Crippen molar-refractivity contribution < 1.29 is 9.18 Å². The standard InChI is InChI=1S/C18H16FN5OS/c19-15-3-1-2-14-16(8-9-26-18(14)15)21-17(25)10-12-4-6-13(7-5-12)24-11-20-22-23-24/h1-7,11,16H,8-10H2,(H,21,25). The SMILES string of the molecule is O=C(Cc1ccc(-n2cnnn2)cc1)NC1CCSc2c(F)cccc21. The van der Waals surface area contributed by atoms with Gasteiger partial charge >= 0.3 is 0 Å². The lowest BCUT2D eigenvalue weighted by Crippen LogP contribution is -2.32. The second kappa shape index (κ2) is 7.25. The minimum absolute atomic E-state index is 0.0766. The van der Waals surface area contributed by atoms with Gasteiger partial charge in [-0.2, -0.15) is 0 Å². The first kappa shape index (κ1) is 16.7. The zero-order valence-corrected chi connectivity index (χ0v) is 14.6. The number of thioether (sulfide) groups is 1. The van der Waals surface area contributed by atoms with E-state index in [0.717, 1.165) is 29.0 Å². The Morgan fingerprint density at radius 3 is 2.88 bits per heavy atom. The van der Waals surface area contributed by atoms with Gasteiger partial charge in [-0.1, -0.05) is 24.3 Å². The number of fused-ring (bicyclic) bond motifs is 1. The molecule has 1 N–H and O–H groups in total. The van der Waals surface area contributed by atoms with Gasteiger partial charge in [0.15, 0.2) is 0 Å². The minimum atomic E-state index is -0.218. The van der Waals surface area contributed by atoms with Gasteiger partial charge in [0.25, 0.3) is 0 Å². The summed E-state index contributed by atoms with van der Waals surface area (Å²) in [6, 6.07) is 12.4. The Morgan fingerprint density at radius 2 is 2.12 bits per heavy atom. The number of rotatable bonds is 4. The average Bonchev–Trinajstić information content (AvgIpc) is 3.18. The molecule has 3 aromatic rings. The molecule has 1 unspecified atom stereocenters. The number of benzene rings is 2. The molecule has 8 heteroatoms. The summed E-state index contributed by atoms with van der Waals surface area (Å²) in [7, 11) is 0. The van der Waals surface area contributed by atoms with Crippen LogP contribution in [0, 0.1) is 5.82 Å². The third-order valence-electron chi connectivity index (χ3n) is 4.28. The topological polar surface area (TPSA) is 72.7 Å². The number of nitrogens with one attached hydrogen (secondary N) is 1. The van der Waals surface area contributed by atoms with Gasteiger partial charge in [-0.05, 0) is 46.2 Å². The number of nitrogens with zero attached hydrogens (tertiary/aromatic N) is 4. The second-order valence-electron chi connectivity index (χ2n) is 6.01. The van der Waals surface area contributed by atoms with E-state index < -0.39 is 0 Å². The molecule has 0 spiro atoms. The molecule has 132 valence electrons. The molecule has 1 aliphatic rings. The smallest absolute Gasteiger partial charge is 0.224 e. The molecule has 2 aromatic carbocycles. The van der Waals surface area contributed by atoms with Gasteiger partial charge in [0.05, 0.1) is 18.2 Å². The molecule has 6 nitrogen and oxygen atoms in total. The highest BCUT2D eigenvalue weighted by atomic mass is 32.2. The number of tetrazole rings is 1. The fraction of sp³-hybridized carbons (Fsp3) is 0.222. The largest absolute Gasteiger partial charge is 0.349 e. The van der Waals surface area contributed by atoms with Crippen LogP contribution in [0.1, 0.15) is 23.6 Å². The number of hydrogen-bond donors (Lipinski definition) is 1. The lowest BCUT2D eigenvalue weighted by atomic mass is 10.0.